The van der Waals surface area contributed by atoms with E-state index in [-0.39, 0.29) is 5.78 Å². The van der Waals surface area contributed by atoms with Crippen LogP contribution in [0, 0.1) is 0 Å². The average Bonchev–Trinajstić information content (AvgIpc) is 3.02. The van der Waals surface area contributed by atoms with E-state index in [0.29, 0.717) is 0 Å². The van der Waals surface area contributed by atoms with E-state index < -0.39 is 0 Å². The molecule has 0 spiro atoms. The topological polar surface area (TPSA) is 17.1 Å². The van der Waals surface area contributed by atoms with Crippen LogP contribution in [-0.4, -0.2) is 5.78 Å². The highest BCUT2D eigenvalue weighted by atomic mass is 16.1. The standard InChI is InChI=1S/C19H20O/c1-3-5-8-15(4-2)16-11-13-18(14-12-16)19(20)17-9-6-7-10-17/h3-5,8-9,11-14H,1,6-7,10H2,2H3/b8-5-,15-4+. The Hall–Kier alpha value is -2.15. The minimum atomic E-state index is 0.178. The van der Waals surface area contributed by atoms with Gasteiger partial charge in [0.05, 0.1) is 0 Å². The van der Waals surface area contributed by atoms with E-state index in [2.05, 4.69) is 18.7 Å². The summed E-state index contributed by atoms with van der Waals surface area (Å²) in [4.78, 5) is 12.3. The van der Waals surface area contributed by atoms with Crippen LogP contribution in [0.4, 0.5) is 0 Å². The van der Waals surface area contributed by atoms with Gasteiger partial charge in [-0.3, -0.25) is 4.79 Å². The summed E-state index contributed by atoms with van der Waals surface area (Å²) >= 11 is 0. The molecule has 1 nitrogen and oxygen atoms in total. The zero-order chi connectivity index (χ0) is 14.4. The number of allylic oxidation sites excluding steroid dienone is 7. The molecular formula is C19H20O. The molecule has 2 rings (SSSR count). The van der Waals surface area contributed by atoms with Gasteiger partial charge in [0.2, 0.25) is 0 Å². The predicted octanol–water partition coefficient (Wildman–Crippen LogP) is 5.13. The fourth-order valence-electron chi connectivity index (χ4n) is 2.41. The molecule has 0 atom stereocenters. The smallest absolute Gasteiger partial charge is 0.188 e. The molecule has 0 amide bonds. The third-order valence-electron chi connectivity index (χ3n) is 3.54. The van der Waals surface area contributed by atoms with E-state index in [1.54, 1.807) is 6.08 Å². The van der Waals surface area contributed by atoms with Gasteiger partial charge in [0, 0.05) is 5.56 Å². The van der Waals surface area contributed by atoms with Gasteiger partial charge < -0.3 is 0 Å². The lowest BCUT2D eigenvalue weighted by molar-refractivity contribution is 0.103. The lowest BCUT2D eigenvalue weighted by Gasteiger charge is -2.05. The fourth-order valence-corrected chi connectivity index (χ4v) is 2.41. The average molecular weight is 264 g/mol. The van der Waals surface area contributed by atoms with E-state index >= 15 is 0 Å². The number of ketones is 1. The van der Waals surface area contributed by atoms with Gasteiger partial charge in [0.15, 0.2) is 5.78 Å². The van der Waals surface area contributed by atoms with Crippen LogP contribution in [0.5, 0.6) is 0 Å². The van der Waals surface area contributed by atoms with E-state index in [1.165, 1.54) is 0 Å². The van der Waals surface area contributed by atoms with Gasteiger partial charge in [0.1, 0.15) is 0 Å². The van der Waals surface area contributed by atoms with Crippen molar-refractivity contribution in [2.45, 2.75) is 26.2 Å². The molecule has 0 bridgehead atoms. The first kappa shape index (κ1) is 14.3. The van der Waals surface area contributed by atoms with Crippen molar-refractivity contribution in [3.05, 3.63) is 77.9 Å². The monoisotopic (exact) mass is 264 g/mol. The molecule has 1 aromatic rings. The number of carbonyl (C=O) groups is 1. The highest BCUT2D eigenvalue weighted by Crippen LogP contribution is 2.23. The summed E-state index contributed by atoms with van der Waals surface area (Å²) < 4.78 is 0. The molecule has 0 heterocycles. The van der Waals surface area contributed by atoms with Crippen LogP contribution in [0.2, 0.25) is 0 Å². The molecule has 0 radical (unpaired) electrons. The Morgan fingerprint density at radius 2 is 1.90 bits per heavy atom. The first-order valence-electron chi connectivity index (χ1n) is 7.06. The number of hydrogen-bond donors (Lipinski definition) is 0. The van der Waals surface area contributed by atoms with Crippen molar-refractivity contribution < 1.29 is 4.79 Å². The second kappa shape index (κ2) is 6.85. The lowest BCUT2D eigenvalue weighted by Crippen LogP contribution is -2.01. The summed E-state index contributed by atoms with van der Waals surface area (Å²) in [5.74, 6) is 0.178. The Bertz CT molecular complexity index is 583. The first-order valence-corrected chi connectivity index (χ1v) is 7.06. The molecular weight excluding hydrogens is 244 g/mol. The molecule has 20 heavy (non-hydrogen) atoms. The summed E-state index contributed by atoms with van der Waals surface area (Å²) in [5, 5.41) is 0. The maximum absolute atomic E-state index is 12.3. The van der Waals surface area contributed by atoms with E-state index in [4.69, 9.17) is 0 Å². The number of Topliss-reactive ketones (excluding diaryl/α,β-unsaturated/α-hetero) is 1. The summed E-state index contributed by atoms with van der Waals surface area (Å²) in [5.41, 5.74) is 3.99. The van der Waals surface area contributed by atoms with Gasteiger partial charge >= 0.3 is 0 Å². The molecule has 102 valence electrons. The van der Waals surface area contributed by atoms with Gasteiger partial charge in [-0.2, -0.15) is 0 Å². The molecule has 0 unspecified atom stereocenters. The van der Waals surface area contributed by atoms with Crippen LogP contribution in [-0.2, 0) is 0 Å². The first-order chi connectivity index (χ1) is 9.76. The van der Waals surface area contributed by atoms with Crippen molar-refractivity contribution in [3.63, 3.8) is 0 Å². The molecule has 0 saturated carbocycles. The number of rotatable bonds is 5. The SMILES string of the molecule is C=C/C=C\C(=C/C)c1ccc(C(=O)C2=CCCC2)cc1. The third kappa shape index (κ3) is 3.24. The van der Waals surface area contributed by atoms with Crippen LogP contribution >= 0.6 is 0 Å². The van der Waals surface area contributed by atoms with Crippen LogP contribution < -0.4 is 0 Å². The van der Waals surface area contributed by atoms with Gasteiger partial charge in [-0.15, -0.1) is 0 Å². The second-order valence-corrected chi connectivity index (χ2v) is 4.87. The zero-order valence-corrected chi connectivity index (χ0v) is 11.9. The molecule has 1 aliphatic rings. The van der Waals surface area contributed by atoms with Crippen LogP contribution in [0.15, 0.2) is 66.8 Å². The quantitative estimate of drug-likeness (QED) is 0.532. The maximum atomic E-state index is 12.3. The van der Waals surface area contributed by atoms with Crippen LogP contribution in [0.25, 0.3) is 5.57 Å². The lowest BCUT2D eigenvalue weighted by atomic mass is 9.99. The molecule has 1 heteroatoms. The number of hydrogen-bond acceptors (Lipinski definition) is 1. The molecule has 0 aliphatic heterocycles. The summed E-state index contributed by atoms with van der Waals surface area (Å²) in [6.45, 7) is 5.68. The largest absolute Gasteiger partial charge is 0.289 e. The van der Waals surface area contributed by atoms with Crippen molar-refractivity contribution in [2.75, 3.05) is 0 Å². The Balaban J connectivity index is 2.19. The van der Waals surface area contributed by atoms with E-state index in [1.807, 2.05) is 43.3 Å². The van der Waals surface area contributed by atoms with Crippen molar-refractivity contribution in [1.82, 2.24) is 0 Å². The molecule has 0 saturated heterocycles. The highest BCUT2D eigenvalue weighted by molar-refractivity contribution is 6.09. The summed E-state index contributed by atoms with van der Waals surface area (Å²) in [7, 11) is 0. The maximum Gasteiger partial charge on any atom is 0.188 e. The predicted molar refractivity (Wildman–Crippen MR) is 85.7 cm³/mol. The van der Waals surface area contributed by atoms with Crippen molar-refractivity contribution >= 4 is 11.4 Å². The van der Waals surface area contributed by atoms with Gasteiger partial charge in [0.25, 0.3) is 0 Å². The second-order valence-electron chi connectivity index (χ2n) is 4.87. The van der Waals surface area contributed by atoms with Crippen LogP contribution in [0.3, 0.4) is 0 Å². The minimum absolute atomic E-state index is 0.178. The molecule has 0 aromatic heterocycles. The van der Waals surface area contributed by atoms with Crippen molar-refractivity contribution in [1.29, 1.82) is 0 Å². The van der Waals surface area contributed by atoms with Gasteiger partial charge in [-0.25, -0.2) is 0 Å². The third-order valence-corrected chi connectivity index (χ3v) is 3.54. The fraction of sp³-hybridized carbons (Fsp3) is 0.211. The summed E-state index contributed by atoms with van der Waals surface area (Å²) in [6, 6.07) is 7.85. The highest BCUT2D eigenvalue weighted by Gasteiger charge is 2.15. The molecule has 0 fully saturated rings. The Labute approximate surface area is 121 Å². The Morgan fingerprint density at radius 1 is 1.20 bits per heavy atom. The molecule has 1 aromatic carbocycles. The zero-order valence-electron chi connectivity index (χ0n) is 11.9. The van der Waals surface area contributed by atoms with Gasteiger partial charge in [-0.05, 0) is 42.9 Å². The molecule has 0 N–H and O–H groups in total. The number of carbonyl (C=O) groups excluding carboxylic acids is 1. The van der Waals surface area contributed by atoms with Gasteiger partial charge in [-0.1, -0.05) is 61.2 Å². The normalized spacial score (nSPS) is 15.4. The number of benzene rings is 1. The summed E-state index contributed by atoms with van der Waals surface area (Å²) in [6.07, 6.45) is 12.9. The Kier molecular flexibility index (Phi) is 4.89. The van der Waals surface area contributed by atoms with E-state index in [9.17, 15) is 4.79 Å². The van der Waals surface area contributed by atoms with Crippen LogP contribution in [0.1, 0.15) is 42.1 Å². The molecule has 1 aliphatic carbocycles. The van der Waals surface area contributed by atoms with E-state index in [0.717, 1.165) is 41.5 Å². The minimum Gasteiger partial charge on any atom is -0.289 e. The van der Waals surface area contributed by atoms with Crippen molar-refractivity contribution in [3.8, 4) is 0 Å². The Morgan fingerprint density at radius 3 is 2.45 bits per heavy atom. The van der Waals surface area contributed by atoms with Crippen molar-refractivity contribution in [2.24, 2.45) is 0 Å².